The van der Waals surface area contributed by atoms with E-state index in [1.54, 1.807) is 32.9 Å². The van der Waals surface area contributed by atoms with Crippen molar-refractivity contribution in [3.8, 4) is 0 Å². The molecular formula is C21H25NO5. The van der Waals surface area contributed by atoms with Gasteiger partial charge in [-0.15, -0.1) is 6.58 Å². The lowest BCUT2D eigenvalue weighted by atomic mass is 9.97. The molecule has 1 amide bonds. The third kappa shape index (κ3) is 6.33. The minimum atomic E-state index is -1.03. The van der Waals surface area contributed by atoms with Gasteiger partial charge in [-0.3, -0.25) is 0 Å². The molecule has 2 aromatic rings. The predicted molar refractivity (Wildman–Crippen MR) is 101 cm³/mol. The van der Waals surface area contributed by atoms with E-state index in [2.05, 4.69) is 11.9 Å². The van der Waals surface area contributed by atoms with Crippen molar-refractivity contribution in [2.75, 3.05) is 0 Å². The molecule has 0 unspecified atom stereocenters. The Hall–Kier alpha value is -3.02. The standard InChI is InChI=1S/C21H25NO5/c1-5-16(17-12-9-13-25-17)18(19(23)27-21(2,3)4)22-20(24)26-14-15-10-7-6-8-11-15/h5-13,16,18H,1,14H2,2-4H3,(H,22,24)/t16-,18+/m1/s1. The molecule has 2 rings (SSSR count). The monoisotopic (exact) mass is 371 g/mol. The summed E-state index contributed by atoms with van der Waals surface area (Å²) in [5, 5.41) is 2.58. The fraction of sp³-hybridized carbons (Fsp3) is 0.333. The number of esters is 1. The molecule has 0 bridgehead atoms. The fourth-order valence-corrected chi connectivity index (χ4v) is 2.45. The molecule has 0 saturated carbocycles. The van der Waals surface area contributed by atoms with Crippen molar-refractivity contribution in [2.24, 2.45) is 0 Å². The van der Waals surface area contributed by atoms with Crippen molar-refractivity contribution in [2.45, 2.75) is 44.9 Å². The van der Waals surface area contributed by atoms with E-state index < -0.39 is 29.6 Å². The summed E-state index contributed by atoms with van der Waals surface area (Å²) in [5.41, 5.74) is 0.132. The highest BCUT2D eigenvalue weighted by Crippen LogP contribution is 2.24. The van der Waals surface area contributed by atoms with Gasteiger partial charge in [0.05, 0.1) is 12.2 Å². The van der Waals surface area contributed by atoms with Gasteiger partial charge >= 0.3 is 12.1 Å². The first kappa shape index (κ1) is 20.3. The predicted octanol–water partition coefficient (Wildman–Crippen LogP) is 4.19. The zero-order valence-electron chi connectivity index (χ0n) is 15.8. The van der Waals surface area contributed by atoms with Crippen LogP contribution < -0.4 is 5.32 Å². The molecule has 2 atom stereocenters. The van der Waals surface area contributed by atoms with E-state index in [1.807, 2.05) is 30.3 Å². The Balaban J connectivity index is 2.12. The second-order valence-corrected chi connectivity index (χ2v) is 6.99. The summed E-state index contributed by atoms with van der Waals surface area (Å²) in [5.74, 6) is -0.705. The van der Waals surface area contributed by atoms with E-state index in [-0.39, 0.29) is 6.61 Å². The van der Waals surface area contributed by atoms with Gasteiger partial charge in [-0.2, -0.15) is 0 Å². The summed E-state index contributed by atoms with van der Waals surface area (Å²) in [4.78, 5) is 25.0. The van der Waals surface area contributed by atoms with Gasteiger partial charge in [-0.05, 0) is 38.5 Å². The first-order valence-electron chi connectivity index (χ1n) is 8.66. The molecule has 6 heteroatoms. The molecule has 1 N–H and O–H groups in total. The number of nitrogens with one attached hydrogen (secondary N) is 1. The van der Waals surface area contributed by atoms with Crippen molar-refractivity contribution in [1.82, 2.24) is 5.32 Å². The fourth-order valence-electron chi connectivity index (χ4n) is 2.45. The van der Waals surface area contributed by atoms with Crippen LogP contribution in [0.1, 0.15) is 38.0 Å². The third-order valence-electron chi connectivity index (χ3n) is 3.63. The van der Waals surface area contributed by atoms with Gasteiger partial charge in [-0.25, -0.2) is 9.59 Å². The number of furan rings is 1. The number of amides is 1. The Bertz CT molecular complexity index is 747. The zero-order chi connectivity index (χ0) is 19.9. The maximum absolute atomic E-state index is 12.7. The van der Waals surface area contributed by atoms with Crippen LogP contribution in [0.4, 0.5) is 4.79 Å². The largest absolute Gasteiger partial charge is 0.469 e. The van der Waals surface area contributed by atoms with Gasteiger partial charge in [0, 0.05) is 0 Å². The maximum atomic E-state index is 12.7. The zero-order valence-corrected chi connectivity index (χ0v) is 15.8. The van der Waals surface area contributed by atoms with E-state index in [9.17, 15) is 9.59 Å². The summed E-state index contributed by atoms with van der Waals surface area (Å²) in [6, 6.07) is 11.6. The van der Waals surface area contributed by atoms with Gasteiger partial charge in [0.15, 0.2) is 0 Å². The van der Waals surface area contributed by atoms with E-state index in [4.69, 9.17) is 13.9 Å². The summed E-state index contributed by atoms with van der Waals surface area (Å²) < 4.78 is 16.1. The Morgan fingerprint density at radius 2 is 1.89 bits per heavy atom. The first-order chi connectivity index (χ1) is 12.8. The third-order valence-corrected chi connectivity index (χ3v) is 3.63. The van der Waals surface area contributed by atoms with Gasteiger partial charge < -0.3 is 19.2 Å². The molecule has 0 aliphatic heterocycles. The van der Waals surface area contributed by atoms with Gasteiger partial charge in [0.2, 0.25) is 0 Å². The van der Waals surface area contributed by atoms with Crippen molar-refractivity contribution < 1.29 is 23.5 Å². The normalized spacial score (nSPS) is 13.3. The average molecular weight is 371 g/mol. The minimum Gasteiger partial charge on any atom is -0.469 e. The Labute approximate surface area is 159 Å². The highest BCUT2D eigenvalue weighted by Gasteiger charge is 2.35. The van der Waals surface area contributed by atoms with E-state index in [0.717, 1.165) is 5.56 Å². The number of hydrogen-bond donors (Lipinski definition) is 1. The number of ether oxygens (including phenoxy) is 2. The number of benzene rings is 1. The summed E-state index contributed by atoms with van der Waals surface area (Å²) in [6.07, 6.45) is 2.30. The summed E-state index contributed by atoms with van der Waals surface area (Å²) in [7, 11) is 0. The number of rotatable bonds is 7. The van der Waals surface area contributed by atoms with Crippen LogP contribution in [0.5, 0.6) is 0 Å². The molecule has 0 fully saturated rings. The van der Waals surface area contributed by atoms with Crippen molar-refractivity contribution >= 4 is 12.1 Å². The average Bonchev–Trinajstić information content (AvgIpc) is 3.13. The van der Waals surface area contributed by atoms with Crippen LogP contribution >= 0.6 is 0 Å². The Morgan fingerprint density at radius 1 is 1.19 bits per heavy atom. The lowest BCUT2D eigenvalue weighted by molar-refractivity contribution is -0.157. The highest BCUT2D eigenvalue weighted by molar-refractivity contribution is 5.83. The topological polar surface area (TPSA) is 77.8 Å². The van der Waals surface area contributed by atoms with Gasteiger partial charge in [0.1, 0.15) is 24.0 Å². The molecule has 0 spiro atoms. The SMILES string of the molecule is C=C[C@H](c1ccco1)[C@H](NC(=O)OCc1ccccc1)C(=O)OC(C)(C)C. The number of carbonyl (C=O) groups is 2. The molecule has 0 aliphatic rings. The molecule has 144 valence electrons. The van der Waals surface area contributed by atoms with Crippen molar-refractivity contribution in [1.29, 1.82) is 0 Å². The summed E-state index contributed by atoms with van der Waals surface area (Å²) in [6.45, 7) is 9.11. The van der Waals surface area contributed by atoms with Crippen LogP contribution in [0.15, 0.2) is 65.8 Å². The van der Waals surface area contributed by atoms with Crippen LogP contribution in [-0.4, -0.2) is 23.7 Å². The molecule has 0 saturated heterocycles. The maximum Gasteiger partial charge on any atom is 0.408 e. The van der Waals surface area contributed by atoms with Crippen LogP contribution in [0.3, 0.4) is 0 Å². The van der Waals surface area contributed by atoms with Gasteiger partial charge in [0.25, 0.3) is 0 Å². The number of hydrogen-bond acceptors (Lipinski definition) is 5. The molecule has 6 nitrogen and oxygen atoms in total. The van der Waals surface area contributed by atoms with Crippen LogP contribution in [0, 0.1) is 0 Å². The Kier molecular flexibility index (Phi) is 6.82. The minimum absolute atomic E-state index is 0.0905. The van der Waals surface area contributed by atoms with Crippen LogP contribution in [0.2, 0.25) is 0 Å². The van der Waals surface area contributed by atoms with Crippen molar-refractivity contribution in [3.63, 3.8) is 0 Å². The second kappa shape index (κ2) is 9.07. The first-order valence-corrected chi connectivity index (χ1v) is 8.66. The molecule has 1 aromatic heterocycles. The molecule has 1 aromatic carbocycles. The molecule has 27 heavy (non-hydrogen) atoms. The Morgan fingerprint density at radius 3 is 2.44 bits per heavy atom. The van der Waals surface area contributed by atoms with E-state index >= 15 is 0 Å². The lowest BCUT2D eigenvalue weighted by Crippen LogP contribution is -2.47. The second-order valence-electron chi connectivity index (χ2n) is 6.99. The quantitative estimate of drug-likeness (QED) is 0.583. The molecule has 0 aliphatic carbocycles. The van der Waals surface area contributed by atoms with Crippen LogP contribution in [0.25, 0.3) is 0 Å². The molecule has 0 radical (unpaired) electrons. The highest BCUT2D eigenvalue weighted by atomic mass is 16.6. The summed E-state index contributed by atoms with van der Waals surface area (Å²) >= 11 is 0. The van der Waals surface area contributed by atoms with Crippen molar-refractivity contribution in [3.05, 3.63) is 72.7 Å². The molecule has 1 heterocycles. The van der Waals surface area contributed by atoms with E-state index in [0.29, 0.717) is 5.76 Å². The number of alkyl carbamates (subject to hydrolysis) is 1. The lowest BCUT2D eigenvalue weighted by Gasteiger charge is -2.27. The van der Waals surface area contributed by atoms with E-state index in [1.165, 1.54) is 12.3 Å². The van der Waals surface area contributed by atoms with Gasteiger partial charge in [-0.1, -0.05) is 36.4 Å². The molecular weight excluding hydrogens is 346 g/mol. The smallest absolute Gasteiger partial charge is 0.408 e. The van der Waals surface area contributed by atoms with Crippen LogP contribution in [-0.2, 0) is 20.9 Å². The number of carbonyl (C=O) groups excluding carboxylic acids is 2.